The number of hydrogen-bond acceptors (Lipinski definition) is 3. The van der Waals surface area contributed by atoms with Crippen LogP contribution in [0.2, 0.25) is 0 Å². The number of primary amides is 1. The third kappa shape index (κ3) is 2.74. The van der Waals surface area contributed by atoms with Crippen LogP contribution in [-0.4, -0.2) is 22.5 Å². The summed E-state index contributed by atoms with van der Waals surface area (Å²) in [5.41, 5.74) is 2.99. The Bertz CT molecular complexity index is 553. The summed E-state index contributed by atoms with van der Waals surface area (Å²) >= 11 is 0. The quantitative estimate of drug-likeness (QED) is 0.772. The summed E-state index contributed by atoms with van der Waals surface area (Å²) in [4.78, 5) is 22.7. The van der Waals surface area contributed by atoms with Gasteiger partial charge in [0, 0.05) is 5.54 Å². The molecule has 0 atom stereocenters. The first-order chi connectivity index (χ1) is 9.00. The van der Waals surface area contributed by atoms with Crippen LogP contribution in [0.1, 0.15) is 38.1 Å². The molecule has 6 heteroatoms. The first-order valence-corrected chi connectivity index (χ1v) is 6.10. The first kappa shape index (κ1) is 15.9. The smallest absolute Gasteiger partial charge is 0.311 e. The fraction of sp³-hybridized carbons (Fsp3) is 0.429. The number of carboxylic acids is 1. The average molecular weight is 282 g/mol. The Kier molecular flexibility index (Phi) is 4.07. The highest BCUT2D eigenvalue weighted by atomic mass is 19.1. The van der Waals surface area contributed by atoms with Crippen molar-refractivity contribution in [3.8, 4) is 0 Å². The molecule has 1 amide bonds. The molecule has 0 spiro atoms. The number of anilines is 1. The molecule has 0 aliphatic heterocycles. The molecule has 0 heterocycles. The van der Waals surface area contributed by atoms with Gasteiger partial charge < -0.3 is 16.2 Å². The molecule has 1 aromatic rings. The van der Waals surface area contributed by atoms with Gasteiger partial charge in [0.2, 0.25) is 0 Å². The van der Waals surface area contributed by atoms with Crippen LogP contribution in [0.5, 0.6) is 0 Å². The zero-order valence-corrected chi connectivity index (χ0v) is 12.0. The molecular weight excluding hydrogens is 263 g/mol. The van der Waals surface area contributed by atoms with Crippen molar-refractivity contribution in [3.63, 3.8) is 0 Å². The molecule has 5 nitrogen and oxygen atoms in total. The number of aliphatic carboxylic acids is 1. The summed E-state index contributed by atoms with van der Waals surface area (Å²) in [6.45, 7) is 6.42. The molecule has 20 heavy (non-hydrogen) atoms. The molecule has 0 saturated heterocycles. The maximum atomic E-state index is 13.7. The highest BCUT2D eigenvalue weighted by Gasteiger charge is 2.44. The van der Waals surface area contributed by atoms with Crippen molar-refractivity contribution in [1.82, 2.24) is 0 Å². The van der Waals surface area contributed by atoms with Gasteiger partial charge in [-0.1, -0.05) is 6.07 Å². The number of nitrogens with two attached hydrogens (primary N) is 1. The van der Waals surface area contributed by atoms with E-state index in [0.717, 1.165) is 6.07 Å². The minimum Gasteiger partial charge on any atom is -0.481 e. The maximum Gasteiger partial charge on any atom is 0.311 e. The molecule has 0 saturated carbocycles. The molecular formula is C14H19FN2O3. The summed E-state index contributed by atoms with van der Waals surface area (Å²) in [6, 6.07) is 4.04. The normalized spacial score (nSPS) is 12.1. The summed E-state index contributed by atoms with van der Waals surface area (Å²) < 4.78 is 13.7. The summed E-state index contributed by atoms with van der Waals surface area (Å²) in [5.74, 6) is -2.66. The largest absolute Gasteiger partial charge is 0.481 e. The Balaban J connectivity index is 3.26. The summed E-state index contributed by atoms with van der Waals surface area (Å²) in [5, 5.41) is 12.2. The number of halogens is 1. The number of rotatable bonds is 5. The molecule has 0 aromatic heterocycles. The Morgan fingerprint density at radius 3 is 2.25 bits per heavy atom. The minimum absolute atomic E-state index is 0.178. The number of carboxylic acid groups (broad SMARTS) is 1. The molecule has 0 radical (unpaired) electrons. The minimum atomic E-state index is -1.14. The number of carbonyl (C=O) groups excluding carboxylic acids is 1. The van der Waals surface area contributed by atoms with Gasteiger partial charge in [-0.05, 0) is 39.8 Å². The SMILES string of the molecule is CC(C)(Nc1cccc(F)c1C(N)=O)C(C)(C)C(=O)O. The van der Waals surface area contributed by atoms with Crippen molar-refractivity contribution in [2.24, 2.45) is 11.1 Å². The molecule has 0 aliphatic rings. The van der Waals surface area contributed by atoms with Gasteiger partial charge in [0.05, 0.1) is 16.7 Å². The lowest BCUT2D eigenvalue weighted by Crippen LogP contribution is -2.51. The van der Waals surface area contributed by atoms with Crippen LogP contribution in [-0.2, 0) is 4.79 Å². The lowest BCUT2D eigenvalue weighted by molar-refractivity contribution is -0.149. The van der Waals surface area contributed by atoms with E-state index in [-0.39, 0.29) is 11.3 Å². The topological polar surface area (TPSA) is 92.4 Å². The Labute approximate surface area is 117 Å². The van der Waals surface area contributed by atoms with Crippen LogP contribution < -0.4 is 11.1 Å². The summed E-state index contributed by atoms with van der Waals surface area (Å²) in [7, 11) is 0. The number of amides is 1. The maximum absolute atomic E-state index is 13.7. The van der Waals surface area contributed by atoms with Gasteiger partial charge in [-0.15, -0.1) is 0 Å². The van der Waals surface area contributed by atoms with Crippen LogP contribution in [0.15, 0.2) is 18.2 Å². The first-order valence-electron chi connectivity index (χ1n) is 6.10. The van der Waals surface area contributed by atoms with Gasteiger partial charge in [0.25, 0.3) is 5.91 Å². The fourth-order valence-electron chi connectivity index (χ4n) is 1.64. The van der Waals surface area contributed by atoms with Gasteiger partial charge >= 0.3 is 5.97 Å². The molecule has 0 unspecified atom stereocenters. The van der Waals surface area contributed by atoms with Gasteiger partial charge in [-0.3, -0.25) is 9.59 Å². The van der Waals surface area contributed by atoms with E-state index < -0.39 is 28.6 Å². The Morgan fingerprint density at radius 2 is 1.80 bits per heavy atom. The van der Waals surface area contributed by atoms with Gasteiger partial charge in [0.15, 0.2) is 0 Å². The van der Waals surface area contributed by atoms with Crippen molar-refractivity contribution in [2.45, 2.75) is 33.2 Å². The zero-order valence-electron chi connectivity index (χ0n) is 12.0. The number of hydrogen-bond donors (Lipinski definition) is 3. The van der Waals surface area contributed by atoms with Crippen LogP contribution >= 0.6 is 0 Å². The predicted octanol–water partition coefficient (Wildman–Crippen LogP) is 2.23. The van der Waals surface area contributed by atoms with E-state index in [1.54, 1.807) is 27.7 Å². The summed E-state index contributed by atoms with van der Waals surface area (Å²) in [6.07, 6.45) is 0. The van der Waals surface area contributed by atoms with Gasteiger partial charge in [-0.2, -0.15) is 0 Å². The molecule has 0 bridgehead atoms. The van der Waals surface area contributed by atoms with Crippen molar-refractivity contribution in [1.29, 1.82) is 0 Å². The molecule has 0 aliphatic carbocycles. The zero-order chi connectivity index (χ0) is 15.7. The van der Waals surface area contributed by atoms with E-state index in [4.69, 9.17) is 5.73 Å². The fourth-order valence-corrected chi connectivity index (χ4v) is 1.64. The van der Waals surface area contributed by atoms with E-state index in [9.17, 15) is 19.1 Å². The molecule has 1 rings (SSSR count). The number of benzene rings is 1. The van der Waals surface area contributed by atoms with Crippen molar-refractivity contribution >= 4 is 17.6 Å². The lowest BCUT2D eigenvalue weighted by atomic mass is 9.74. The molecule has 110 valence electrons. The molecule has 4 N–H and O–H groups in total. The highest BCUT2D eigenvalue weighted by molar-refractivity contribution is 5.99. The Hall–Kier alpha value is -2.11. The monoisotopic (exact) mass is 282 g/mol. The number of carbonyl (C=O) groups is 2. The van der Waals surface area contributed by atoms with Gasteiger partial charge in [0.1, 0.15) is 5.82 Å². The molecule has 0 fully saturated rings. The lowest BCUT2D eigenvalue weighted by Gasteiger charge is -2.40. The Morgan fingerprint density at radius 1 is 1.25 bits per heavy atom. The van der Waals surface area contributed by atoms with Crippen LogP contribution in [0, 0.1) is 11.2 Å². The second-order valence-electron chi connectivity index (χ2n) is 5.71. The van der Waals surface area contributed by atoms with Crippen molar-refractivity contribution in [2.75, 3.05) is 5.32 Å². The molecule has 1 aromatic carbocycles. The van der Waals surface area contributed by atoms with E-state index in [2.05, 4.69) is 5.32 Å². The van der Waals surface area contributed by atoms with Crippen LogP contribution in [0.3, 0.4) is 0 Å². The second kappa shape index (κ2) is 5.11. The van der Waals surface area contributed by atoms with E-state index in [1.165, 1.54) is 12.1 Å². The van der Waals surface area contributed by atoms with Gasteiger partial charge in [-0.25, -0.2) is 4.39 Å². The van der Waals surface area contributed by atoms with Crippen LogP contribution in [0.25, 0.3) is 0 Å². The average Bonchev–Trinajstić information content (AvgIpc) is 2.27. The van der Waals surface area contributed by atoms with Crippen LogP contribution in [0.4, 0.5) is 10.1 Å². The van der Waals surface area contributed by atoms with Crippen molar-refractivity contribution in [3.05, 3.63) is 29.6 Å². The standard InChI is InChI=1S/C14H19FN2O3/c1-13(2,12(19)20)14(3,4)17-9-7-5-6-8(15)10(9)11(16)18/h5-7,17H,1-4H3,(H2,16,18)(H,19,20). The third-order valence-electron chi connectivity index (χ3n) is 3.80. The van der Waals surface area contributed by atoms with Crippen molar-refractivity contribution < 1.29 is 19.1 Å². The predicted molar refractivity (Wildman–Crippen MR) is 74.0 cm³/mol. The third-order valence-corrected chi connectivity index (χ3v) is 3.80. The van der Waals surface area contributed by atoms with E-state index in [0.29, 0.717) is 0 Å². The van der Waals surface area contributed by atoms with E-state index >= 15 is 0 Å². The number of nitrogens with one attached hydrogen (secondary N) is 1. The highest BCUT2D eigenvalue weighted by Crippen LogP contribution is 2.35. The second-order valence-corrected chi connectivity index (χ2v) is 5.71. The van der Waals surface area contributed by atoms with E-state index in [1.807, 2.05) is 0 Å².